The lowest BCUT2D eigenvalue weighted by Gasteiger charge is -2.36. The van der Waals surface area contributed by atoms with Crippen LogP contribution in [-0.4, -0.2) is 59.0 Å². The van der Waals surface area contributed by atoms with Gasteiger partial charge in [-0.1, -0.05) is 6.07 Å². The molecule has 28 heavy (non-hydrogen) atoms. The molecule has 2 heterocycles. The Morgan fingerprint density at radius 2 is 1.82 bits per heavy atom. The molecule has 0 radical (unpaired) electrons. The molecule has 152 valence electrons. The highest BCUT2D eigenvalue weighted by molar-refractivity contribution is 6.01. The molecule has 0 bridgehead atoms. The van der Waals surface area contributed by atoms with E-state index < -0.39 is 42.0 Å². The fraction of sp³-hybridized carbons (Fsp3) is 0.500. The van der Waals surface area contributed by atoms with Gasteiger partial charge in [0, 0.05) is 13.0 Å². The number of halogens is 4. The van der Waals surface area contributed by atoms with Gasteiger partial charge in [0.15, 0.2) is 24.0 Å². The summed E-state index contributed by atoms with van der Waals surface area (Å²) in [6.45, 7) is -0.897. The largest absolute Gasteiger partial charge is 0.335 e. The van der Waals surface area contributed by atoms with Gasteiger partial charge in [0.2, 0.25) is 5.91 Å². The molecule has 3 rings (SSSR count). The van der Waals surface area contributed by atoms with Gasteiger partial charge in [-0.15, -0.1) is 0 Å². The monoisotopic (exact) mass is 400 g/mol. The van der Waals surface area contributed by atoms with Crippen LogP contribution >= 0.6 is 0 Å². The minimum Gasteiger partial charge on any atom is -0.335 e. The van der Waals surface area contributed by atoms with Crippen LogP contribution in [0.15, 0.2) is 18.2 Å². The quantitative estimate of drug-likeness (QED) is 0.765. The Hall–Kier alpha value is -2.65. The number of nitrogens with zero attached hydrogens (tertiary/aromatic N) is 2. The molecule has 0 saturated carbocycles. The third-order valence-electron chi connectivity index (χ3n) is 4.92. The highest BCUT2D eigenvalue weighted by Gasteiger charge is 2.42. The zero-order valence-electron chi connectivity index (χ0n) is 14.9. The lowest BCUT2D eigenvalue weighted by atomic mass is 10.0. The van der Waals surface area contributed by atoms with Crippen LogP contribution in [0.3, 0.4) is 0 Å². The van der Waals surface area contributed by atoms with E-state index in [4.69, 9.17) is 5.41 Å². The lowest BCUT2D eigenvalue weighted by Crippen LogP contribution is -2.57. The van der Waals surface area contributed by atoms with Crippen molar-refractivity contribution in [1.29, 1.82) is 5.41 Å². The number of benzene rings is 1. The first-order valence-electron chi connectivity index (χ1n) is 8.93. The second kappa shape index (κ2) is 8.15. The van der Waals surface area contributed by atoms with Crippen LogP contribution in [0.25, 0.3) is 0 Å². The number of likely N-dealkylation sites (tertiary alicyclic amines) is 2. The Morgan fingerprint density at radius 3 is 2.46 bits per heavy atom. The van der Waals surface area contributed by atoms with Gasteiger partial charge in [-0.3, -0.25) is 15.1 Å². The molecule has 2 aliphatic rings. The smallest absolute Gasteiger partial charge is 0.323 e. The zero-order valence-corrected chi connectivity index (χ0v) is 14.9. The van der Waals surface area contributed by atoms with E-state index >= 15 is 0 Å². The number of alkyl halides is 2. The third-order valence-corrected chi connectivity index (χ3v) is 4.92. The molecule has 2 N–H and O–H groups in total. The number of urea groups is 1. The molecule has 1 aromatic carbocycles. The topological polar surface area (TPSA) is 76.5 Å². The second-order valence-corrected chi connectivity index (χ2v) is 6.91. The number of hydrogen-bond donors (Lipinski definition) is 2. The first-order chi connectivity index (χ1) is 13.3. The molecule has 0 aliphatic carbocycles. The van der Waals surface area contributed by atoms with Crippen molar-refractivity contribution in [2.24, 2.45) is 0 Å². The van der Waals surface area contributed by atoms with Gasteiger partial charge in [0.1, 0.15) is 11.9 Å². The average Bonchev–Trinajstić information content (AvgIpc) is 3.00. The first-order valence-corrected chi connectivity index (χ1v) is 8.93. The summed E-state index contributed by atoms with van der Waals surface area (Å²) in [5.74, 6) is -2.75. The van der Waals surface area contributed by atoms with Crippen LogP contribution in [0.4, 0.5) is 22.4 Å². The number of rotatable bonds is 3. The van der Waals surface area contributed by atoms with Crippen molar-refractivity contribution in [2.45, 2.75) is 44.2 Å². The lowest BCUT2D eigenvalue weighted by molar-refractivity contribution is -0.134. The molecule has 0 spiro atoms. The standard InChI is InChI=1S/C18H20F4N4O2/c19-11-5-4-10(6-12(11)20)7-24-18(28)26-15(2-1-3-16(26)23)17(27)25-8-13(21)14(22)9-25/h4-6,13-15,23H,1-3,7-9H2,(H,24,28). The van der Waals surface area contributed by atoms with Crippen molar-refractivity contribution in [2.75, 3.05) is 13.1 Å². The van der Waals surface area contributed by atoms with Gasteiger partial charge in [0.05, 0.1) is 13.1 Å². The Balaban J connectivity index is 1.69. The number of amides is 3. The van der Waals surface area contributed by atoms with E-state index in [1.807, 2.05) is 0 Å². The molecule has 2 aliphatic heterocycles. The summed E-state index contributed by atoms with van der Waals surface area (Å²) in [6.07, 6.45) is -2.48. The van der Waals surface area contributed by atoms with Gasteiger partial charge in [-0.2, -0.15) is 0 Å². The van der Waals surface area contributed by atoms with Crippen LogP contribution in [0, 0.1) is 17.0 Å². The fourth-order valence-corrected chi connectivity index (χ4v) is 3.43. The first kappa shape index (κ1) is 20.1. The molecule has 2 fully saturated rings. The Labute approximate surface area is 159 Å². The van der Waals surface area contributed by atoms with Gasteiger partial charge in [-0.05, 0) is 30.5 Å². The summed E-state index contributed by atoms with van der Waals surface area (Å²) in [7, 11) is 0. The van der Waals surface area contributed by atoms with Crippen molar-refractivity contribution in [3.05, 3.63) is 35.4 Å². The molecule has 1 aromatic rings. The van der Waals surface area contributed by atoms with Crippen LogP contribution in [0.1, 0.15) is 24.8 Å². The Morgan fingerprint density at radius 1 is 1.14 bits per heavy atom. The highest BCUT2D eigenvalue weighted by Crippen LogP contribution is 2.24. The number of nitrogens with one attached hydrogen (secondary N) is 2. The van der Waals surface area contributed by atoms with Crippen LogP contribution in [-0.2, 0) is 11.3 Å². The minimum absolute atomic E-state index is 0.0832. The number of carbonyl (C=O) groups excluding carboxylic acids is 2. The van der Waals surface area contributed by atoms with E-state index in [0.29, 0.717) is 12.0 Å². The maximum absolute atomic E-state index is 13.4. The molecule has 6 nitrogen and oxygen atoms in total. The summed E-state index contributed by atoms with van der Waals surface area (Å²) in [6, 6.07) is 1.40. The van der Waals surface area contributed by atoms with Crippen molar-refractivity contribution >= 4 is 17.8 Å². The molecule has 3 unspecified atom stereocenters. The number of amidine groups is 1. The number of piperidine rings is 1. The van der Waals surface area contributed by atoms with E-state index in [1.165, 1.54) is 6.07 Å². The minimum atomic E-state index is -1.76. The fourth-order valence-electron chi connectivity index (χ4n) is 3.43. The molecule has 2 saturated heterocycles. The zero-order chi connectivity index (χ0) is 20.4. The number of hydrogen-bond acceptors (Lipinski definition) is 3. The number of carbonyl (C=O) groups is 2. The van der Waals surface area contributed by atoms with Crippen molar-refractivity contribution in [1.82, 2.24) is 15.1 Å². The average molecular weight is 400 g/mol. The van der Waals surface area contributed by atoms with E-state index in [1.54, 1.807) is 0 Å². The van der Waals surface area contributed by atoms with Crippen molar-refractivity contribution in [3.8, 4) is 0 Å². The van der Waals surface area contributed by atoms with Crippen molar-refractivity contribution < 1.29 is 27.2 Å². The van der Waals surface area contributed by atoms with Crippen LogP contribution in [0.5, 0.6) is 0 Å². The van der Waals surface area contributed by atoms with E-state index in [0.717, 1.165) is 21.9 Å². The predicted octanol–water partition coefficient (Wildman–Crippen LogP) is 2.52. The van der Waals surface area contributed by atoms with Gasteiger partial charge < -0.3 is 10.2 Å². The Bertz CT molecular complexity index is 781. The van der Waals surface area contributed by atoms with E-state index in [-0.39, 0.29) is 38.3 Å². The van der Waals surface area contributed by atoms with Crippen LogP contribution in [0.2, 0.25) is 0 Å². The summed E-state index contributed by atoms with van der Waals surface area (Å²) in [5.41, 5.74) is 0.304. The molecule has 0 aromatic heterocycles. The molecule has 10 heteroatoms. The van der Waals surface area contributed by atoms with E-state index in [9.17, 15) is 27.2 Å². The molecular weight excluding hydrogens is 380 g/mol. The predicted molar refractivity (Wildman–Crippen MR) is 92.2 cm³/mol. The maximum atomic E-state index is 13.4. The second-order valence-electron chi connectivity index (χ2n) is 6.91. The summed E-state index contributed by atoms with van der Waals surface area (Å²) < 4.78 is 53.1. The van der Waals surface area contributed by atoms with Crippen molar-refractivity contribution in [3.63, 3.8) is 0 Å². The summed E-state index contributed by atoms with van der Waals surface area (Å²) in [4.78, 5) is 27.3. The summed E-state index contributed by atoms with van der Waals surface area (Å²) >= 11 is 0. The van der Waals surface area contributed by atoms with Crippen LogP contribution < -0.4 is 5.32 Å². The normalized spacial score (nSPS) is 25.1. The third kappa shape index (κ3) is 4.10. The van der Waals surface area contributed by atoms with Gasteiger partial charge in [0.25, 0.3) is 0 Å². The maximum Gasteiger partial charge on any atom is 0.323 e. The molecule has 3 amide bonds. The van der Waals surface area contributed by atoms with Gasteiger partial charge >= 0.3 is 6.03 Å². The molecular formula is C18H20F4N4O2. The van der Waals surface area contributed by atoms with Gasteiger partial charge in [-0.25, -0.2) is 22.4 Å². The highest BCUT2D eigenvalue weighted by atomic mass is 19.2. The SMILES string of the molecule is N=C1CCCC(C(=O)N2CC(F)C(F)C2)N1C(=O)NCc1ccc(F)c(F)c1. The summed E-state index contributed by atoms with van der Waals surface area (Å²) in [5, 5.41) is 10.5. The van der Waals surface area contributed by atoms with E-state index in [2.05, 4.69) is 5.32 Å². The Kier molecular flexibility index (Phi) is 5.85. The molecule has 3 atom stereocenters.